The maximum atomic E-state index is 11.0. The van der Waals surface area contributed by atoms with Gasteiger partial charge in [0.25, 0.3) is 0 Å². The molecule has 1 aromatic carbocycles. The van der Waals surface area contributed by atoms with E-state index in [2.05, 4.69) is 5.32 Å². The zero-order chi connectivity index (χ0) is 12.0. The third kappa shape index (κ3) is 3.61. The van der Waals surface area contributed by atoms with Gasteiger partial charge in [0, 0.05) is 12.1 Å². The smallest absolute Gasteiger partial charge is 0.407 e. The van der Waals surface area contributed by atoms with E-state index >= 15 is 0 Å². The van der Waals surface area contributed by atoms with Crippen molar-refractivity contribution in [3.63, 3.8) is 0 Å². The van der Waals surface area contributed by atoms with Gasteiger partial charge < -0.3 is 15.8 Å². The first-order valence-corrected chi connectivity index (χ1v) is 4.97. The maximum Gasteiger partial charge on any atom is 0.407 e. The molecular weight excluding hydrogens is 206 g/mol. The van der Waals surface area contributed by atoms with Crippen LogP contribution in [-0.4, -0.2) is 18.5 Å². The number of carbonyl (C=O) groups excluding carboxylic acids is 1. The Morgan fingerprint density at radius 2 is 2.31 bits per heavy atom. The Bertz CT molecular complexity index is 391. The topological polar surface area (TPSA) is 88.2 Å². The molecular formula is C11H15N3O2. The molecule has 0 atom stereocenters. The van der Waals surface area contributed by atoms with E-state index in [0.29, 0.717) is 18.7 Å². The molecule has 0 fully saturated rings. The lowest BCUT2D eigenvalue weighted by molar-refractivity contribution is 0.151. The summed E-state index contributed by atoms with van der Waals surface area (Å²) in [6, 6.07) is 7.14. The highest BCUT2D eigenvalue weighted by Gasteiger charge is 2.02. The fraction of sp³-hybridized carbons (Fsp3) is 0.273. The third-order valence-electron chi connectivity index (χ3n) is 1.95. The number of alkyl carbamates (subject to hydrolysis) is 1. The number of rotatable bonds is 4. The van der Waals surface area contributed by atoms with Crippen LogP contribution < -0.4 is 11.1 Å². The van der Waals surface area contributed by atoms with Crippen LogP contribution in [-0.2, 0) is 11.3 Å². The minimum atomic E-state index is -0.448. The van der Waals surface area contributed by atoms with Crippen LogP contribution in [0.3, 0.4) is 0 Å². The van der Waals surface area contributed by atoms with Gasteiger partial charge in [0.2, 0.25) is 0 Å². The first-order chi connectivity index (χ1) is 7.63. The van der Waals surface area contributed by atoms with Gasteiger partial charge in [-0.1, -0.05) is 18.2 Å². The van der Waals surface area contributed by atoms with Crippen molar-refractivity contribution in [3.8, 4) is 0 Å². The first kappa shape index (κ1) is 12.0. The summed E-state index contributed by atoms with van der Waals surface area (Å²) in [7, 11) is 0. The lowest BCUT2D eigenvalue weighted by Gasteiger charge is -2.06. The number of nitrogens with two attached hydrogens (primary N) is 1. The van der Waals surface area contributed by atoms with Crippen molar-refractivity contribution >= 4 is 11.9 Å². The second kappa shape index (κ2) is 5.75. The monoisotopic (exact) mass is 221 g/mol. The molecule has 4 N–H and O–H groups in total. The SMILES string of the molecule is CCOC(=O)NCc1cccc(C(=N)N)c1. The van der Waals surface area contributed by atoms with E-state index in [1.807, 2.05) is 6.07 Å². The Labute approximate surface area is 94.1 Å². The average molecular weight is 221 g/mol. The number of ether oxygens (including phenoxy) is 1. The Morgan fingerprint density at radius 3 is 2.94 bits per heavy atom. The Kier molecular flexibility index (Phi) is 4.32. The quantitative estimate of drug-likeness (QED) is 0.527. The predicted molar refractivity (Wildman–Crippen MR) is 61.3 cm³/mol. The summed E-state index contributed by atoms with van der Waals surface area (Å²) in [6.07, 6.45) is -0.448. The van der Waals surface area contributed by atoms with Crippen molar-refractivity contribution in [3.05, 3.63) is 35.4 Å². The number of benzene rings is 1. The number of carbonyl (C=O) groups is 1. The molecule has 0 saturated carbocycles. The summed E-state index contributed by atoms with van der Waals surface area (Å²) >= 11 is 0. The lowest BCUT2D eigenvalue weighted by atomic mass is 10.1. The van der Waals surface area contributed by atoms with Crippen molar-refractivity contribution in [2.45, 2.75) is 13.5 Å². The Morgan fingerprint density at radius 1 is 1.56 bits per heavy atom. The number of hydrogen-bond donors (Lipinski definition) is 3. The summed E-state index contributed by atoms with van der Waals surface area (Å²) in [5.41, 5.74) is 6.88. The molecule has 0 saturated heterocycles. The van der Waals surface area contributed by atoms with E-state index in [0.717, 1.165) is 5.56 Å². The molecule has 1 aromatic rings. The molecule has 0 radical (unpaired) electrons. The first-order valence-electron chi connectivity index (χ1n) is 4.97. The second-order valence-corrected chi connectivity index (χ2v) is 3.19. The lowest BCUT2D eigenvalue weighted by Crippen LogP contribution is -2.23. The van der Waals surface area contributed by atoms with Gasteiger partial charge in [0.1, 0.15) is 5.84 Å². The molecule has 0 aliphatic heterocycles. The molecule has 16 heavy (non-hydrogen) atoms. The van der Waals surface area contributed by atoms with Crippen LogP contribution in [0.15, 0.2) is 24.3 Å². The normalized spacial score (nSPS) is 9.56. The maximum absolute atomic E-state index is 11.0. The van der Waals surface area contributed by atoms with Crippen molar-refractivity contribution in [1.29, 1.82) is 5.41 Å². The van der Waals surface area contributed by atoms with Gasteiger partial charge in [-0.25, -0.2) is 4.79 Å². The van der Waals surface area contributed by atoms with Crippen LogP contribution in [0.5, 0.6) is 0 Å². The van der Waals surface area contributed by atoms with Crippen LogP contribution in [0, 0.1) is 5.41 Å². The Balaban J connectivity index is 2.57. The van der Waals surface area contributed by atoms with Gasteiger partial charge in [0.05, 0.1) is 6.61 Å². The number of nitrogen functional groups attached to an aromatic ring is 1. The molecule has 5 heteroatoms. The Hall–Kier alpha value is -2.04. The van der Waals surface area contributed by atoms with Crippen molar-refractivity contribution < 1.29 is 9.53 Å². The minimum Gasteiger partial charge on any atom is -0.450 e. The van der Waals surface area contributed by atoms with Crippen molar-refractivity contribution in [1.82, 2.24) is 5.32 Å². The van der Waals surface area contributed by atoms with E-state index < -0.39 is 6.09 Å². The van der Waals surface area contributed by atoms with Gasteiger partial charge in [0.15, 0.2) is 0 Å². The predicted octanol–water partition coefficient (Wildman–Crippen LogP) is 1.22. The molecule has 0 aliphatic carbocycles. The summed E-state index contributed by atoms with van der Waals surface area (Å²) in [5.74, 6) is 0.0120. The fourth-order valence-electron chi connectivity index (χ4n) is 1.21. The van der Waals surface area contributed by atoms with Crippen LogP contribution in [0.1, 0.15) is 18.1 Å². The number of hydrogen-bond acceptors (Lipinski definition) is 3. The molecule has 1 rings (SSSR count). The molecule has 5 nitrogen and oxygen atoms in total. The van der Waals surface area contributed by atoms with Crippen LogP contribution in [0.4, 0.5) is 4.79 Å². The number of amidine groups is 1. The van der Waals surface area contributed by atoms with E-state index in [-0.39, 0.29) is 5.84 Å². The van der Waals surface area contributed by atoms with E-state index in [1.165, 1.54) is 0 Å². The molecule has 0 bridgehead atoms. The van der Waals surface area contributed by atoms with Gasteiger partial charge >= 0.3 is 6.09 Å². The molecule has 0 heterocycles. The minimum absolute atomic E-state index is 0.0120. The largest absolute Gasteiger partial charge is 0.450 e. The summed E-state index contributed by atoms with van der Waals surface area (Å²) < 4.78 is 4.72. The highest BCUT2D eigenvalue weighted by molar-refractivity contribution is 5.95. The molecule has 0 aliphatic rings. The van der Waals surface area contributed by atoms with Crippen LogP contribution in [0.2, 0.25) is 0 Å². The van der Waals surface area contributed by atoms with E-state index in [9.17, 15) is 4.79 Å². The molecule has 1 amide bonds. The number of amides is 1. The fourth-order valence-corrected chi connectivity index (χ4v) is 1.21. The highest BCUT2D eigenvalue weighted by atomic mass is 16.5. The van der Waals surface area contributed by atoms with Gasteiger partial charge in [-0.15, -0.1) is 0 Å². The van der Waals surface area contributed by atoms with Crippen molar-refractivity contribution in [2.24, 2.45) is 5.73 Å². The number of nitrogens with one attached hydrogen (secondary N) is 2. The summed E-state index contributed by atoms with van der Waals surface area (Å²) in [5, 5.41) is 9.87. The zero-order valence-electron chi connectivity index (χ0n) is 9.12. The third-order valence-corrected chi connectivity index (χ3v) is 1.95. The standard InChI is InChI=1S/C11H15N3O2/c1-2-16-11(15)14-7-8-4-3-5-9(6-8)10(12)13/h3-6H,2,7H2,1H3,(H3,12,13)(H,14,15). The van der Waals surface area contributed by atoms with E-state index in [4.69, 9.17) is 15.9 Å². The second-order valence-electron chi connectivity index (χ2n) is 3.19. The van der Waals surface area contributed by atoms with Crippen LogP contribution >= 0.6 is 0 Å². The van der Waals surface area contributed by atoms with Gasteiger partial charge in [-0.2, -0.15) is 0 Å². The summed E-state index contributed by atoms with van der Waals surface area (Å²) in [4.78, 5) is 11.0. The average Bonchev–Trinajstić information content (AvgIpc) is 2.27. The molecule has 0 spiro atoms. The molecule has 0 unspecified atom stereocenters. The highest BCUT2D eigenvalue weighted by Crippen LogP contribution is 2.04. The van der Waals surface area contributed by atoms with E-state index in [1.54, 1.807) is 25.1 Å². The zero-order valence-corrected chi connectivity index (χ0v) is 9.12. The summed E-state index contributed by atoms with van der Waals surface area (Å²) in [6.45, 7) is 2.45. The molecule has 86 valence electrons. The van der Waals surface area contributed by atoms with Gasteiger partial charge in [-0.3, -0.25) is 5.41 Å². The molecule has 0 aromatic heterocycles. The van der Waals surface area contributed by atoms with Crippen molar-refractivity contribution in [2.75, 3.05) is 6.61 Å². The van der Waals surface area contributed by atoms with Gasteiger partial charge in [-0.05, 0) is 18.6 Å². The van der Waals surface area contributed by atoms with Crippen LogP contribution in [0.25, 0.3) is 0 Å².